The van der Waals surface area contributed by atoms with Crippen LogP contribution < -0.4 is 10.1 Å². The van der Waals surface area contributed by atoms with Gasteiger partial charge in [-0.2, -0.15) is 5.26 Å². The lowest BCUT2D eigenvalue weighted by molar-refractivity contribution is -0.115. The van der Waals surface area contributed by atoms with Crippen LogP contribution in [-0.4, -0.2) is 33.0 Å². The van der Waals surface area contributed by atoms with Crippen molar-refractivity contribution in [3.8, 4) is 28.9 Å². The van der Waals surface area contributed by atoms with Crippen molar-refractivity contribution in [1.82, 2.24) is 14.8 Å². The van der Waals surface area contributed by atoms with Crippen molar-refractivity contribution in [2.24, 2.45) is 0 Å². The molecule has 1 unspecified atom stereocenters. The number of aromatic nitrogens is 3. The Bertz CT molecular complexity index is 1300. The third kappa shape index (κ3) is 5.05. The fourth-order valence-electron chi connectivity index (χ4n) is 3.21. The van der Waals surface area contributed by atoms with E-state index in [2.05, 4.69) is 21.6 Å². The summed E-state index contributed by atoms with van der Waals surface area (Å²) in [7, 11) is 1.62. The number of thioether (sulfide) groups is 1. The maximum Gasteiger partial charge on any atom is 0.237 e. The number of hydrogen-bond acceptors (Lipinski definition) is 6. The zero-order valence-electron chi connectivity index (χ0n) is 18.1. The Hall–Kier alpha value is -4.09. The normalized spacial score (nSPS) is 11.4. The van der Waals surface area contributed by atoms with E-state index in [-0.39, 0.29) is 5.91 Å². The molecule has 0 radical (unpaired) electrons. The van der Waals surface area contributed by atoms with E-state index in [0.29, 0.717) is 22.2 Å². The Morgan fingerprint density at radius 3 is 2.52 bits per heavy atom. The summed E-state index contributed by atoms with van der Waals surface area (Å²) in [5.74, 6) is 1.23. The number of anilines is 1. The Morgan fingerprint density at radius 2 is 1.82 bits per heavy atom. The van der Waals surface area contributed by atoms with Crippen LogP contribution in [0.2, 0.25) is 0 Å². The molecule has 33 heavy (non-hydrogen) atoms. The van der Waals surface area contributed by atoms with Gasteiger partial charge in [0.15, 0.2) is 11.0 Å². The van der Waals surface area contributed by atoms with E-state index in [0.717, 1.165) is 17.0 Å². The van der Waals surface area contributed by atoms with E-state index in [9.17, 15) is 4.79 Å². The quantitative estimate of drug-likeness (QED) is 0.397. The van der Waals surface area contributed by atoms with Crippen molar-refractivity contribution in [2.45, 2.75) is 17.3 Å². The minimum absolute atomic E-state index is 0.191. The molecule has 1 heterocycles. The molecular weight excluding hydrogens is 434 g/mol. The molecule has 7 nitrogen and oxygen atoms in total. The van der Waals surface area contributed by atoms with Crippen LogP contribution in [0.15, 0.2) is 84.0 Å². The van der Waals surface area contributed by atoms with Gasteiger partial charge in [0.1, 0.15) is 5.75 Å². The maximum absolute atomic E-state index is 12.8. The first-order valence-electron chi connectivity index (χ1n) is 10.2. The van der Waals surface area contributed by atoms with Gasteiger partial charge in [-0.3, -0.25) is 9.36 Å². The summed E-state index contributed by atoms with van der Waals surface area (Å²) < 4.78 is 7.20. The van der Waals surface area contributed by atoms with E-state index < -0.39 is 5.25 Å². The highest BCUT2D eigenvalue weighted by Gasteiger charge is 2.22. The Labute approximate surface area is 196 Å². The van der Waals surface area contributed by atoms with Crippen molar-refractivity contribution in [1.29, 1.82) is 5.26 Å². The number of ether oxygens (including phenoxy) is 1. The van der Waals surface area contributed by atoms with Gasteiger partial charge in [-0.05, 0) is 61.5 Å². The molecule has 1 aromatic heterocycles. The van der Waals surface area contributed by atoms with Crippen LogP contribution in [0.3, 0.4) is 0 Å². The minimum atomic E-state index is -0.453. The lowest BCUT2D eigenvalue weighted by atomic mass is 10.2. The van der Waals surface area contributed by atoms with Crippen LogP contribution in [0.25, 0.3) is 17.1 Å². The molecule has 0 saturated heterocycles. The molecule has 1 N–H and O–H groups in total. The first kappa shape index (κ1) is 22.1. The number of nitrogens with zero attached hydrogens (tertiary/aromatic N) is 4. The third-order valence-electron chi connectivity index (χ3n) is 4.91. The fourth-order valence-corrected chi connectivity index (χ4v) is 4.07. The number of benzene rings is 3. The number of nitrogens with one attached hydrogen (secondary N) is 1. The molecule has 4 rings (SSSR count). The lowest BCUT2D eigenvalue weighted by Crippen LogP contribution is -2.23. The Balaban J connectivity index is 1.62. The molecule has 1 amide bonds. The first-order valence-corrected chi connectivity index (χ1v) is 11.1. The number of amides is 1. The second kappa shape index (κ2) is 10.0. The monoisotopic (exact) mass is 455 g/mol. The summed E-state index contributed by atoms with van der Waals surface area (Å²) in [6.45, 7) is 1.81. The van der Waals surface area contributed by atoms with Crippen LogP contribution >= 0.6 is 11.8 Å². The number of nitriles is 1. The zero-order valence-corrected chi connectivity index (χ0v) is 18.9. The standard InChI is InChI=1S/C25H21N5O2S/c1-17(24(31)27-20-8-6-7-18(15-20)16-26)33-25-29-28-23(19-11-13-22(32-2)14-12-19)30(25)21-9-4-3-5-10-21/h3-15,17H,1-2H3,(H,27,31). The van der Waals surface area contributed by atoms with E-state index in [4.69, 9.17) is 10.00 Å². The van der Waals surface area contributed by atoms with Crippen LogP contribution in [0, 0.1) is 11.3 Å². The Kier molecular flexibility index (Phi) is 6.72. The smallest absolute Gasteiger partial charge is 0.237 e. The zero-order chi connectivity index (χ0) is 23.2. The van der Waals surface area contributed by atoms with Gasteiger partial charge in [-0.25, -0.2) is 0 Å². The van der Waals surface area contributed by atoms with Crippen molar-refractivity contribution >= 4 is 23.4 Å². The highest BCUT2D eigenvalue weighted by atomic mass is 32.2. The second-order valence-corrected chi connectivity index (χ2v) is 8.46. The molecule has 0 aliphatic heterocycles. The second-order valence-electron chi connectivity index (χ2n) is 7.15. The van der Waals surface area contributed by atoms with E-state index in [1.165, 1.54) is 11.8 Å². The molecule has 4 aromatic rings. The number of carbonyl (C=O) groups excluding carboxylic acids is 1. The molecule has 0 aliphatic carbocycles. The van der Waals surface area contributed by atoms with Gasteiger partial charge < -0.3 is 10.1 Å². The molecule has 0 fully saturated rings. The number of methoxy groups -OCH3 is 1. The third-order valence-corrected chi connectivity index (χ3v) is 5.95. The number of carbonyl (C=O) groups is 1. The minimum Gasteiger partial charge on any atom is -0.497 e. The summed E-state index contributed by atoms with van der Waals surface area (Å²) in [5, 5.41) is 20.9. The molecular formula is C25H21N5O2S. The topological polar surface area (TPSA) is 92.8 Å². The Morgan fingerprint density at radius 1 is 1.06 bits per heavy atom. The van der Waals surface area contributed by atoms with Gasteiger partial charge >= 0.3 is 0 Å². The number of rotatable bonds is 7. The van der Waals surface area contributed by atoms with Gasteiger partial charge in [0.2, 0.25) is 5.91 Å². The van der Waals surface area contributed by atoms with Gasteiger partial charge in [0.25, 0.3) is 0 Å². The summed E-state index contributed by atoms with van der Waals surface area (Å²) in [5.41, 5.74) is 2.84. The molecule has 164 valence electrons. The summed E-state index contributed by atoms with van der Waals surface area (Å²) in [4.78, 5) is 12.8. The van der Waals surface area contributed by atoms with Crippen molar-refractivity contribution in [2.75, 3.05) is 12.4 Å². The van der Waals surface area contributed by atoms with Crippen LogP contribution in [0.1, 0.15) is 12.5 Å². The summed E-state index contributed by atoms with van der Waals surface area (Å²) in [6, 6.07) is 26.3. The SMILES string of the molecule is COc1ccc(-c2nnc(SC(C)C(=O)Nc3cccc(C#N)c3)n2-c2ccccc2)cc1. The van der Waals surface area contributed by atoms with Gasteiger partial charge in [0.05, 0.1) is 24.0 Å². The average molecular weight is 456 g/mol. The number of para-hydroxylation sites is 1. The van der Waals surface area contributed by atoms with E-state index >= 15 is 0 Å². The average Bonchev–Trinajstić information content (AvgIpc) is 3.28. The van der Waals surface area contributed by atoms with Crippen molar-refractivity contribution in [3.05, 3.63) is 84.4 Å². The molecule has 8 heteroatoms. The molecule has 1 atom stereocenters. The largest absolute Gasteiger partial charge is 0.497 e. The van der Waals surface area contributed by atoms with Crippen molar-refractivity contribution < 1.29 is 9.53 Å². The maximum atomic E-state index is 12.8. The molecule has 0 bridgehead atoms. The molecule has 0 aliphatic rings. The van der Waals surface area contributed by atoms with E-state index in [1.54, 1.807) is 31.4 Å². The van der Waals surface area contributed by atoms with Gasteiger partial charge in [-0.1, -0.05) is 36.0 Å². The van der Waals surface area contributed by atoms with Gasteiger partial charge in [-0.15, -0.1) is 10.2 Å². The predicted molar refractivity (Wildman–Crippen MR) is 128 cm³/mol. The molecule has 0 spiro atoms. The molecule has 0 saturated carbocycles. The first-order chi connectivity index (χ1) is 16.1. The van der Waals surface area contributed by atoms with Crippen LogP contribution in [0.5, 0.6) is 5.75 Å². The molecule has 3 aromatic carbocycles. The van der Waals surface area contributed by atoms with Gasteiger partial charge in [0, 0.05) is 16.9 Å². The summed E-state index contributed by atoms with van der Waals surface area (Å²) >= 11 is 1.31. The van der Waals surface area contributed by atoms with Crippen LogP contribution in [0.4, 0.5) is 5.69 Å². The van der Waals surface area contributed by atoms with Crippen LogP contribution in [-0.2, 0) is 4.79 Å². The van der Waals surface area contributed by atoms with E-state index in [1.807, 2.05) is 66.1 Å². The highest BCUT2D eigenvalue weighted by Crippen LogP contribution is 2.31. The van der Waals surface area contributed by atoms with Crippen molar-refractivity contribution in [3.63, 3.8) is 0 Å². The number of hydrogen-bond donors (Lipinski definition) is 1. The summed E-state index contributed by atoms with van der Waals surface area (Å²) in [6.07, 6.45) is 0. The highest BCUT2D eigenvalue weighted by molar-refractivity contribution is 8.00. The lowest BCUT2D eigenvalue weighted by Gasteiger charge is -2.14. The fraction of sp³-hybridized carbons (Fsp3) is 0.120. The predicted octanol–water partition coefficient (Wildman–Crippen LogP) is 4.93.